The third-order valence-electron chi connectivity index (χ3n) is 5.47. The van der Waals surface area contributed by atoms with E-state index in [1.54, 1.807) is 37.3 Å². The highest BCUT2D eigenvalue weighted by Gasteiger charge is 2.40. The number of nitrogens with zero attached hydrogens (tertiary/aromatic N) is 1. The van der Waals surface area contributed by atoms with Crippen LogP contribution in [0.1, 0.15) is 28.3 Å². The summed E-state index contributed by atoms with van der Waals surface area (Å²) < 4.78 is 10.3. The number of carbonyl (C=O) groups is 2. The Bertz CT molecular complexity index is 920. The number of hydrogen-bond acceptors (Lipinski definition) is 4. The van der Waals surface area contributed by atoms with E-state index in [1.807, 2.05) is 24.3 Å². The highest BCUT2D eigenvalue weighted by Crippen LogP contribution is 2.35. The molecular formula is C23H26Cl2N2O4. The monoisotopic (exact) mass is 464 g/mol. The van der Waals surface area contributed by atoms with Gasteiger partial charge < -0.3 is 19.7 Å². The molecule has 0 aliphatic carbocycles. The molecular weight excluding hydrogens is 439 g/mol. The summed E-state index contributed by atoms with van der Waals surface area (Å²) in [5.41, 5.74) is 1.36. The first-order valence-electron chi connectivity index (χ1n) is 10.1. The quantitative estimate of drug-likeness (QED) is 0.599. The maximum absolute atomic E-state index is 13.2. The van der Waals surface area contributed by atoms with Crippen molar-refractivity contribution in [2.75, 3.05) is 40.5 Å². The minimum atomic E-state index is -0.369. The van der Waals surface area contributed by atoms with Crippen molar-refractivity contribution in [1.29, 1.82) is 0 Å². The molecule has 1 heterocycles. The molecule has 1 N–H and O–H groups in total. The van der Waals surface area contributed by atoms with Gasteiger partial charge in [0.25, 0.3) is 5.91 Å². The average molecular weight is 465 g/mol. The van der Waals surface area contributed by atoms with Crippen LogP contribution in [0.4, 0.5) is 0 Å². The first-order valence-corrected chi connectivity index (χ1v) is 10.8. The summed E-state index contributed by atoms with van der Waals surface area (Å²) in [4.78, 5) is 27.8. The molecule has 0 saturated carbocycles. The Morgan fingerprint density at radius 1 is 1.10 bits per heavy atom. The molecule has 1 aliphatic rings. The molecule has 1 aliphatic heterocycles. The van der Waals surface area contributed by atoms with Crippen LogP contribution >= 0.6 is 23.2 Å². The number of methoxy groups -OCH3 is 2. The van der Waals surface area contributed by atoms with Crippen LogP contribution in [-0.2, 0) is 9.53 Å². The zero-order valence-corrected chi connectivity index (χ0v) is 19.1. The number of amides is 2. The highest BCUT2D eigenvalue weighted by molar-refractivity contribution is 6.36. The van der Waals surface area contributed by atoms with Crippen molar-refractivity contribution in [2.45, 2.75) is 12.3 Å². The number of hydrogen-bond donors (Lipinski definition) is 1. The van der Waals surface area contributed by atoms with Crippen molar-refractivity contribution in [3.8, 4) is 5.75 Å². The number of carbonyl (C=O) groups excluding carboxylic acids is 2. The fourth-order valence-electron chi connectivity index (χ4n) is 3.82. The number of rotatable bonds is 8. The lowest BCUT2D eigenvalue weighted by Gasteiger charge is -2.18. The predicted octanol–water partition coefficient (Wildman–Crippen LogP) is 4.01. The van der Waals surface area contributed by atoms with Crippen molar-refractivity contribution in [2.24, 2.45) is 5.92 Å². The van der Waals surface area contributed by atoms with Gasteiger partial charge in [-0.25, -0.2) is 0 Å². The van der Waals surface area contributed by atoms with E-state index in [2.05, 4.69) is 5.32 Å². The second-order valence-corrected chi connectivity index (χ2v) is 8.30. The fraction of sp³-hybridized carbons (Fsp3) is 0.391. The molecule has 8 heteroatoms. The van der Waals surface area contributed by atoms with Gasteiger partial charge in [-0.3, -0.25) is 9.59 Å². The van der Waals surface area contributed by atoms with Crippen molar-refractivity contribution in [1.82, 2.24) is 10.2 Å². The first-order chi connectivity index (χ1) is 14.9. The molecule has 2 aromatic rings. The van der Waals surface area contributed by atoms with E-state index < -0.39 is 0 Å². The smallest absolute Gasteiger partial charge is 0.255 e. The number of likely N-dealkylation sites (tertiary alicyclic amines) is 1. The molecule has 31 heavy (non-hydrogen) atoms. The fourth-order valence-corrected chi connectivity index (χ4v) is 4.31. The van der Waals surface area contributed by atoms with E-state index in [4.69, 9.17) is 32.7 Å². The molecule has 0 bridgehead atoms. The minimum absolute atomic E-state index is 0.0746. The lowest BCUT2D eigenvalue weighted by Crippen LogP contribution is -2.36. The molecule has 0 spiro atoms. The zero-order chi connectivity index (χ0) is 22.4. The SMILES string of the molecule is COCCCNC(=O)C1CN(C(=O)c2ccc(Cl)cc2Cl)CC1c1ccc(OC)cc1. The van der Waals surface area contributed by atoms with Crippen LogP contribution in [0.25, 0.3) is 0 Å². The number of ether oxygens (including phenoxy) is 2. The summed E-state index contributed by atoms with van der Waals surface area (Å²) in [6.45, 7) is 1.83. The van der Waals surface area contributed by atoms with Gasteiger partial charge in [-0.15, -0.1) is 0 Å². The van der Waals surface area contributed by atoms with Crippen LogP contribution in [0.5, 0.6) is 5.75 Å². The molecule has 2 unspecified atom stereocenters. The number of nitrogens with one attached hydrogen (secondary N) is 1. The number of halogens is 2. The van der Waals surface area contributed by atoms with Gasteiger partial charge in [0.2, 0.25) is 5.91 Å². The maximum atomic E-state index is 13.2. The Morgan fingerprint density at radius 2 is 1.84 bits per heavy atom. The van der Waals surface area contributed by atoms with Gasteiger partial charge in [-0.1, -0.05) is 35.3 Å². The summed E-state index contributed by atoms with van der Waals surface area (Å²) in [6, 6.07) is 12.4. The molecule has 6 nitrogen and oxygen atoms in total. The van der Waals surface area contributed by atoms with Gasteiger partial charge in [0.1, 0.15) is 5.75 Å². The molecule has 1 saturated heterocycles. The van der Waals surface area contributed by atoms with Gasteiger partial charge in [-0.2, -0.15) is 0 Å². The normalized spacial score (nSPS) is 18.1. The zero-order valence-electron chi connectivity index (χ0n) is 17.6. The molecule has 3 rings (SSSR count). The van der Waals surface area contributed by atoms with Gasteiger partial charge in [-0.05, 0) is 42.3 Å². The van der Waals surface area contributed by atoms with Crippen LogP contribution in [0.15, 0.2) is 42.5 Å². The van der Waals surface area contributed by atoms with Crippen molar-refractivity contribution < 1.29 is 19.1 Å². The highest BCUT2D eigenvalue weighted by atomic mass is 35.5. The Morgan fingerprint density at radius 3 is 2.48 bits per heavy atom. The minimum Gasteiger partial charge on any atom is -0.497 e. The second kappa shape index (κ2) is 10.8. The third-order valence-corrected chi connectivity index (χ3v) is 6.02. The topological polar surface area (TPSA) is 67.9 Å². The van der Waals surface area contributed by atoms with Gasteiger partial charge in [0, 0.05) is 44.3 Å². The van der Waals surface area contributed by atoms with Crippen LogP contribution in [0.3, 0.4) is 0 Å². The van der Waals surface area contributed by atoms with Crippen molar-refractivity contribution in [3.05, 3.63) is 63.6 Å². The third kappa shape index (κ3) is 5.70. The van der Waals surface area contributed by atoms with Crippen LogP contribution in [-0.4, -0.2) is 57.2 Å². The number of benzene rings is 2. The summed E-state index contributed by atoms with van der Waals surface area (Å²) in [5.74, 6) is -0.0539. The van der Waals surface area contributed by atoms with Crippen LogP contribution < -0.4 is 10.1 Å². The van der Waals surface area contributed by atoms with Gasteiger partial charge >= 0.3 is 0 Å². The summed E-state index contributed by atoms with van der Waals surface area (Å²) >= 11 is 12.2. The standard InChI is InChI=1S/C23H26Cl2N2O4/c1-30-11-3-10-26-22(28)20-14-27(23(29)18-9-6-16(24)12-21(18)25)13-19(20)15-4-7-17(31-2)8-5-15/h4-9,12,19-20H,3,10-11,13-14H2,1-2H3,(H,26,28). The molecule has 166 valence electrons. The van der Waals surface area contributed by atoms with Crippen LogP contribution in [0, 0.1) is 5.92 Å². The Kier molecular flexibility index (Phi) is 8.18. The predicted molar refractivity (Wildman–Crippen MR) is 121 cm³/mol. The van der Waals surface area contributed by atoms with Crippen molar-refractivity contribution in [3.63, 3.8) is 0 Å². The maximum Gasteiger partial charge on any atom is 0.255 e. The molecule has 1 fully saturated rings. The Balaban J connectivity index is 1.81. The average Bonchev–Trinajstić information content (AvgIpc) is 3.22. The lowest BCUT2D eigenvalue weighted by atomic mass is 9.88. The summed E-state index contributed by atoms with van der Waals surface area (Å²) in [5, 5.41) is 3.74. The lowest BCUT2D eigenvalue weighted by molar-refractivity contribution is -0.124. The Hall–Kier alpha value is -2.28. The molecule has 2 aromatic carbocycles. The van der Waals surface area contributed by atoms with E-state index in [-0.39, 0.29) is 23.7 Å². The van der Waals surface area contributed by atoms with Crippen LogP contribution in [0.2, 0.25) is 10.0 Å². The van der Waals surface area contributed by atoms with E-state index in [1.165, 1.54) is 0 Å². The summed E-state index contributed by atoms with van der Waals surface area (Å²) in [7, 11) is 3.24. The van der Waals surface area contributed by atoms with Gasteiger partial charge in [0.05, 0.1) is 23.6 Å². The van der Waals surface area contributed by atoms with E-state index >= 15 is 0 Å². The molecule has 0 radical (unpaired) electrons. The van der Waals surface area contributed by atoms with E-state index in [0.717, 1.165) is 17.7 Å². The van der Waals surface area contributed by atoms with Gasteiger partial charge in [0.15, 0.2) is 0 Å². The second-order valence-electron chi connectivity index (χ2n) is 7.46. The van der Waals surface area contributed by atoms with E-state index in [0.29, 0.717) is 41.8 Å². The molecule has 2 amide bonds. The Labute approximate surface area is 192 Å². The molecule has 2 atom stereocenters. The molecule has 0 aromatic heterocycles. The largest absolute Gasteiger partial charge is 0.497 e. The van der Waals surface area contributed by atoms with Crippen molar-refractivity contribution >= 4 is 35.0 Å². The first kappa shape index (κ1) is 23.4. The van der Waals surface area contributed by atoms with E-state index in [9.17, 15) is 9.59 Å². The summed E-state index contributed by atoms with van der Waals surface area (Å²) in [6.07, 6.45) is 0.727.